The minimum atomic E-state index is 0.541. The Morgan fingerprint density at radius 1 is 1.05 bits per heavy atom. The van der Waals surface area contributed by atoms with Gasteiger partial charge >= 0.3 is 0 Å². The SMILES string of the molecule is Nc1cn(-c2ccccc2Cl)nc1-c1ccc(Br)cc1Cl. The van der Waals surface area contributed by atoms with E-state index in [-0.39, 0.29) is 0 Å². The summed E-state index contributed by atoms with van der Waals surface area (Å²) >= 11 is 15.8. The highest BCUT2D eigenvalue weighted by molar-refractivity contribution is 9.10. The summed E-state index contributed by atoms with van der Waals surface area (Å²) < 4.78 is 2.56. The molecule has 0 amide bonds. The molecule has 0 radical (unpaired) electrons. The zero-order chi connectivity index (χ0) is 15.0. The van der Waals surface area contributed by atoms with E-state index in [4.69, 9.17) is 28.9 Å². The number of nitrogens with zero attached hydrogens (tertiary/aromatic N) is 2. The van der Waals surface area contributed by atoms with Gasteiger partial charge in [-0.05, 0) is 24.3 Å². The van der Waals surface area contributed by atoms with Crippen molar-refractivity contribution in [2.24, 2.45) is 0 Å². The average Bonchev–Trinajstić information content (AvgIpc) is 2.81. The fourth-order valence-electron chi connectivity index (χ4n) is 2.04. The maximum atomic E-state index is 6.26. The molecule has 0 aliphatic carbocycles. The molecule has 0 bridgehead atoms. The third-order valence-electron chi connectivity index (χ3n) is 3.03. The van der Waals surface area contributed by atoms with Gasteiger partial charge in [0.05, 0.1) is 27.6 Å². The molecule has 1 heterocycles. The van der Waals surface area contributed by atoms with Crippen molar-refractivity contribution in [1.82, 2.24) is 9.78 Å². The van der Waals surface area contributed by atoms with Gasteiger partial charge in [-0.3, -0.25) is 0 Å². The molecule has 21 heavy (non-hydrogen) atoms. The van der Waals surface area contributed by atoms with Crippen LogP contribution in [-0.2, 0) is 0 Å². The molecule has 0 aliphatic heterocycles. The van der Waals surface area contributed by atoms with Crippen LogP contribution in [0.25, 0.3) is 16.9 Å². The van der Waals surface area contributed by atoms with Gasteiger partial charge < -0.3 is 5.73 Å². The van der Waals surface area contributed by atoms with Crippen LogP contribution in [0.4, 0.5) is 5.69 Å². The van der Waals surface area contributed by atoms with Gasteiger partial charge in [0.2, 0.25) is 0 Å². The smallest absolute Gasteiger partial charge is 0.117 e. The Morgan fingerprint density at radius 3 is 2.52 bits per heavy atom. The predicted octanol–water partition coefficient (Wildman–Crippen LogP) is 5.19. The Morgan fingerprint density at radius 2 is 1.81 bits per heavy atom. The van der Waals surface area contributed by atoms with Gasteiger partial charge in [0.25, 0.3) is 0 Å². The third kappa shape index (κ3) is 2.79. The molecule has 0 saturated heterocycles. The van der Waals surface area contributed by atoms with Gasteiger partial charge in [-0.1, -0.05) is 57.3 Å². The van der Waals surface area contributed by atoms with Gasteiger partial charge in [-0.2, -0.15) is 5.10 Å². The zero-order valence-corrected chi connectivity index (χ0v) is 13.8. The number of hydrogen-bond acceptors (Lipinski definition) is 2. The van der Waals surface area contributed by atoms with E-state index in [1.807, 2.05) is 36.4 Å². The minimum absolute atomic E-state index is 0.541. The predicted molar refractivity (Wildman–Crippen MR) is 91.1 cm³/mol. The van der Waals surface area contributed by atoms with Crippen LogP contribution in [-0.4, -0.2) is 9.78 Å². The molecule has 3 nitrogen and oxygen atoms in total. The van der Waals surface area contributed by atoms with E-state index in [2.05, 4.69) is 21.0 Å². The summed E-state index contributed by atoms with van der Waals surface area (Å²) in [5.41, 5.74) is 8.79. The van der Waals surface area contributed by atoms with Crippen LogP contribution in [0.2, 0.25) is 10.0 Å². The molecule has 2 aromatic carbocycles. The Balaban J connectivity index is 2.12. The molecule has 0 atom stereocenters. The van der Waals surface area contributed by atoms with Crippen molar-refractivity contribution >= 4 is 44.8 Å². The summed E-state index contributed by atoms with van der Waals surface area (Å²) in [6, 6.07) is 13.0. The first-order valence-corrected chi connectivity index (χ1v) is 7.66. The van der Waals surface area contributed by atoms with Crippen LogP contribution >= 0.6 is 39.1 Å². The molecule has 0 unspecified atom stereocenters. The second-order valence-corrected chi connectivity index (χ2v) is 6.18. The first kappa shape index (κ1) is 14.4. The molecule has 6 heteroatoms. The van der Waals surface area contributed by atoms with E-state index in [0.717, 1.165) is 15.7 Å². The van der Waals surface area contributed by atoms with Crippen LogP contribution in [0.5, 0.6) is 0 Å². The lowest BCUT2D eigenvalue weighted by Crippen LogP contribution is -1.95. The lowest BCUT2D eigenvalue weighted by molar-refractivity contribution is 0.885. The summed E-state index contributed by atoms with van der Waals surface area (Å²) in [6.07, 6.45) is 1.73. The summed E-state index contributed by atoms with van der Waals surface area (Å²) in [6.45, 7) is 0. The van der Waals surface area contributed by atoms with E-state index < -0.39 is 0 Å². The number of hydrogen-bond donors (Lipinski definition) is 1. The number of rotatable bonds is 2. The summed E-state index contributed by atoms with van der Waals surface area (Å²) in [4.78, 5) is 0. The molecule has 3 rings (SSSR count). The zero-order valence-electron chi connectivity index (χ0n) is 10.7. The maximum Gasteiger partial charge on any atom is 0.117 e. The lowest BCUT2D eigenvalue weighted by Gasteiger charge is -2.04. The van der Waals surface area contributed by atoms with Gasteiger partial charge in [-0.15, -0.1) is 0 Å². The van der Waals surface area contributed by atoms with Crippen LogP contribution in [0, 0.1) is 0 Å². The van der Waals surface area contributed by atoms with Crippen molar-refractivity contribution in [3.63, 3.8) is 0 Å². The minimum Gasteiger partial charge on any atom is -0.396 e. The van der Waals surface area contributed by atoms with E-state index in [0.29, 0.717) is 21.4 Å². The highest BCUT2D eigenvalue weighted by atomic mass is 79.9. The lowest BCUT2D eigenvalue weighted by atomic mass is 10.1. The van der Waals surface area contributed by atoms with Crippen molar-refractivity contribution in [3.05, 3.63) is 63.2 Å². The van der Waals surface area contributed by atoms with E-state index >= 15 is 0 Å². The van der Waals surface area contributed by atoms with E-state index in [9.17, 15) is 0 Å². The third-order valence-corrected chi connectivity index (χ3v) is 4.15. The Bertz CT molecular complexity index is 814. The fraction of sp³-hybridized carbons (Fsp3) is 0. The number of nitrogens with two attached hydrogens (primary N) is 1. The summed E-state index contributed by atoms with van der Waals surface area (Å²) in [5, 5.41) is 5.70. The number of nitrogen functional groups attached to an aromatic ring is 1. The van der Waals surface area contributed by atoms with Gasteiger partial charge in [0, 0.05) is 10.0 Å². The Hall–Kier alpha value is -1.49. The molecule has 0 aliphatic rings. The van der Waals surface area contributed by atoms with Crippen LogP contribution in [0.3, 0.4) is 0 Å². The van der Waals surface area contributed by atoms with E-state index in [1.54, 1.807) is 16.9 Å². The Labute approximate surface area is 140 Å². The fourth-order valence-corrected chi connectivity index (χ4v) is 3.02. The van der Waals surface area contributed by atoms with Gasteiger partial charge in [0.15, 0.2) is 0 Å². The normalized spacial score (nSPS) is 10.8. The number of aromatic nitrogens is 2. The molecule has 0 fully saturated rings. The van der Waals surface area contributed by atoms with Crippen LogP contribution in [0.1, 0.15) is 0 Å². The summed E-state index contributed by atoms with van der Waals surface area (Å²) in [5.74, 6) is 0. The summed E-state index contributed by atoms with van der Waals surface area (Å²) in [7, 11) is 0. The first-order chi connectivity index (χ1) is 10.1. The molecule has 2 N–H and O–H groups in total. The van der Waals surface area contributed by atoms with Crippen molar-refractivity contribution in [3.8, 4) is 16.9 Å². The standard InChI is InChI=1S/C15H10BrCl2N3/c16-9-5-6-10(12(18)7-9)15-13(19)8-21(20-15)14-4-2-1-3-11(14)17/h1-8H,19H2. The van der Waals surface area contributed by atoms with Crippen molar-refractivity contribution in [2.75, 3.05) is 5.73 Å². The Kier molecular flexibility index (Phi) is 3.93. The largest absolute Gasteiger partial charge is 0.396 e. The molecule has 0 spiro atoms. The average molecular weight is 383 g/mol. The highest BCUT2D eigenvalue weighted by Gasteiger charge is 2.14. The van der Waals surface area contributed by atoms with Crippen LogP contribution < -0.4 is 5.73 Å². The van der Waals surface area contributed by atoms with Crippen molar-refractivity contribution in [2.45, 2.75) is 0 Å². The first-order valence-electron chi connectivity index (χ1n) is 6.12. The number of para-hydroxylation sites is 1. The topological polar surface area (TPSA) is 43.8 Å². The number of halogens is 3. The molecule has 106 valence electrons. The second kappa shape index (κ2) is 5.72. The molecule has 0 saturated carbocycles. The number of anilines is 1. The van der Waals surface area contributed by atoms with Crippen LogP contribution in [0.15, 0.2) is 53.1 Å². The number of benzene rings is 2. The maximum absolute atomic E-state index is 6.26. The van der Waals surface area contributed by atoms with Crippen molar-refractivity contribution in [1.29, 1.82) is 0 Å². The molecule has 1 aromatic heterocycles. The van der Waals surface area contributed by atoms with Gasteiger partial charge in [0.1, 0.15) is 5.69 Å². The van der Waals surface area contributed by atoms with Gasteiger partial charge in [-0.25, -0.2) is 4.68 Å². The monoisotopic (exact) mass is 381 g/mol. The molecule has 3 aromatic rings. The molecular formula is C15H10BrCl2N3. The van der Waals surface area contributed by atoms with E-state index in [1.165, 1.54) is 0 Å². The second-order valence-electron chi connectivity index (χ2n) is 4.45. The molecular weight excluding hydrogens is 373 g/mol. The quantitative estimate of drug-likeness (QED) is 0.662. The van der Waals surface area contributed by atoms with Crippen molar-refractivity contribution < 1.29 is 0 Å². The highest BCUT2D eigenvalue weighted by Crippen LogP contribution is 2.33.